The summed E-state index contributed by atoms with van der Waals surface area (Å²) in [5.74, 6) is -1.11. The Bertz CT molecular complexity index is 1350. The molecule has 0 radical (unpaired) electrons. The third-order valence-corrected chi connectivity index (χ3v) is 5.09. The van der Waals surface area contributed by atoms with Gasteiger partial charge in [0.15, 0.2) is 0 Å². The second-order valence-electron chi connectivity index (χ2n) is 7.27. The number of rotatable bonds is 8. The number of ether oxygens (including phenoxy) is 1. The number of carbonyl (C=O) groups is 1. The van der Waals surface area contributed by atoms with E-state index in [-0.39, 0.29) is 41.2 Å². The number of carbonyl (C=O) groups excluding carboxylic acids is 1. The number of hydrogen-bond acceptors (Lipinski definition) is 6. The molecule has 10 heteroatoms. The Morgan fingerprint density at radius 3 is 2.70 bits per heavy atom. The first-order valence-electron chi connectivity index (χ1n) is 10.2. The van der Waals surface area contributed by atoms with Gasteiger partial charge in [0, 0.05) is 31.1 Å². The average Bonchev–Trinajstić information content (AvgIpc) is 3.23. The number of benzene rings is 2. The van der Waals surface area contributed by atoms with E-state index in [1.54, 1.807) is 7.11 Å². The normalized spacial score (nSPS) is 11.0. The van der Waals surface area contributed by atoms with Crippen LogP contribution in [-0.4, -0.2) is 34.3 Å². The number of nitrogens with zero attached hydrogens (tertiary/aromatic N) is 3. The van der Waals surface area contributed by atoms with Crippen LogP contribution >= 0.6 is 0 Å². The summed E-state index contributed by atoms with van der Waals surface area (Å²) in [5, 5.41) is 6.55. The fourth-order valence-electron chi connectivity index (χ4n) is 3.48. The van der Waals surface area contributed by atoms with E-state index in [9.17, 15) is 18.4 Å². The smallest absolute Gasteiger partial charge is 0.266 e. The van der Waals surface area contributed by atoms with Crippen molar-refractivity contribution in [1.82, 2.24) is 20.0 Å². The first-order chi connectivity index (χ1) is 16.0. The van der Waals surface area contributed by atoms with Crippen molar-refractivity contribution >= 4 is 17.0 Å². The number of methoxy groups -OCH3 is 1. The summed E-state index contributed by atoms with van der Waals surface area (Å²) >= 11 is 0. The van der Waals surface area contributed by atoms with Crippen LogP contribution in [0.25, 0.3) is 22.4 Å². The summed E-state index contributed by atoms with van der Waals surface area (Å²) in [6.07, 6.45) is 1.87. The predicted octanol–water partition coefficient (Wildman–Crippen LogP) is 3.09. The van der Waals surface area contributed by atoms with Gasteiger partial charge in [0.05, 0.1) is 7.11 Å². The largest absolute Gasteiger partial charge is 0.496 e. The molecule has 0 atom stereocenters. The quantitative estimate of drug-likeness (QED) is 0.439. The molecule has 0 unspecified atom stereocenters. The molecule has 2 heterocycles. The van der Waals surface area contributed by atoms with Crippen LogP contribution in [0.15, 0.2) is 58.1 Å². The van der Waals surface area contributed by atoms with Crippen molar-refractivity contribution in [3.8, 4) is 17.0 Å². The van der Waals surface area contributed by atoms with Crippen LogP contribution in [0.1, 0.15) is 12.0 Å². The molecule has 2 aromatic carbocycles. The number of amides is 1. The highest BCUT2D eigenvalue weighted by Gasteiger charge is 2.18. The van der Waals surface area contributed by atoms with E-state index in [2.05, 4.69) is 15.5 Å². The van der Waals surface area contributed by atoms with Crippen LogP contribution in [0.3, 0.4) is 0 Å². The van der Waals surface area contributed by atoms with E-state index in [1.807, 2.05) is 24.3 Å². The minimum absolute atomic E-state index is 0.0147. The molecule has 8 nitrogen and oxygen atoms in total. The zero-order valence-corrected chi connectivity index (χ0v) is 17.7. The lowest BCUT2D eigenvalue weighted by molar-refractivity contribution is -0.121. The molecule has 2 aromatic heterocycles. The zero-order valence-electron chi connectivity index (χ0n) is 17.7. The molecule has 1 amide bonds. The number of aryl methyl sites for hydroxylation is 1. The molecular weight excluding hydrogens is 434 g/mol. The summed E-state index contributed by atoms with van der Waals surface area (Å²) in [5.41, 5.74) is 0.424. The predicted molar refractivity (Wildman–Crippen MR) is 116 cm³/mol. The van der Waals surface area contributed by atoms with Gasteiger partial charge in [-0.2, -0.15) is 0 Å². The second kappa shape index (κ2) is 9.60. The van der Waals surface area contributed by atoms with Gasteiger partial charge >= 0.3 is 0 Å². The maximum absolute atomic E-state index is 13.6. The Morgan fingerprint density at radius 1 is 1.18 bits per heavy atom. The fraction of sp³-hybridized carbons (Fsp3) is 0.217. The molecule has 0 spiro atoms. The van der Waals surface area contributed by atoms with Crippen molar-refractivity contribution in [2.45, 2.75) is 19.4 Å². The van der Waals surface area contributed by atoms with Crippen molar-refractivity contribution in [3.05, 3.63) is 76.3 Å². The van der Waals surface area contributed by atoms with Gasteiger partial charge in [0.25, 0.3) is 11.3 Å². The van der Waals surface area contributed by atoms with Gasteiger partial charge in [-0.05, 0) is 30.2 Å². The van der Waals surface area contributed by atoms with Gasteiger partial charge in [0.1, 0.15) is 34.8 Å². The SMILES string of the molecule is COc1ccccc1CCNC(=O)CCn1cnc2onc(-c3cc(F)cc(F)c3)c2c1=O. The highest BCUT2D eigenvalue weighted by atomic mass is 19.1. The van der Waals surface area contributed by atoms with E-state index in [1.165, 1.54) is 10.9 Å². The van der Waals surface area contributed by atoms with Gasteiger partial charge in [-0.1, -0.05) is 23.4 Å². The minimum Gasteiger partial charge on any atom is -0.496 e. The van der Waals surface area contributed by atoms with Gasteiger partial charge in [-0.3, -0.25) is 14.2 Å². The third kappa shape index (κ3) is 4.89. The number of halogens is 2. The topological polar surface area (TPSA) is 99.2 Å². The zero-order chi connectivity index (χ0) is 23.4. The van der Waals surface area contributed by atoms with Crippen LogP contribution < -0.4 is 15.6 Å². The lowest BCUT2D eigenvalue weighted by Crippen LogP contribution is -2.29. The molecule has 1 N–H and O–H groups in total. The van der Waals surface area contributed by atoms with Crippen molar-refractivity contribution in [2.75, 3.05) is 13.7 Å². The van der Waals surface area contributed by atoms with E-state index >= 15 is 0 Å². The molecule has 0 bridgehead atoms. The minimum atomic E-state index is -0.810. The number of aromatic nitrogens is 3. The summed E-state index contributed by atoms with van der Waals surface area (Å²) in [7, 11) is 1.59. The first kappa shape index (κ1) is 22.1. The second-order valence-corrected chi connectivity index (χ2v) is 7.27. The summed E-state index contributed by atoms with van der Waals surface area (Å²) in [4.78, 5) is 29.2. The Balaban J connectivity index is 1.44. The number of hydrogen-bond donors (Lipinski definition) is 1. The molecule has 0 fully saturated rings. The standard InChI is InChI=1S/C23H20F2N4O4/c1-32-18-5-3-2-4-14(18)6-8-26-19(30)7-9-29-13-27-22-20(23(29)31)21(28-33-22)15-10-16(24)12-17(25)11-15/h2-5,10-13H,6-9H2,1H3,(H,26,30). The highest BCUT2D eigenvalue weighted by molar-refractivity contribution is 5.88. The van der Waals surface area contributed by atoms with Gasteiger partial charge in [-0.15, -0.1) is 0 Å². The van der Waals surface area contributed by atoms with E-state index in [0.717, 1.165) is 29.5 Å². The lowest BCUT2D eigenvalue weighted by Gasteiger charge is -2.09. The van der Waals surface area contributed by atoms with Crippen molar-refractivity contribution in [3.63, 3.8) is 0 Å². The molecule has 170 valence electrons. The summed E-state index contributed by atoms with van der Waals surface area (Å²) in [6, 6.07) is 10.4. The number of para-hydroxylation sites is 1. The maximum atomic E-state index is 13.6. The van der Waals surface area contributed by atoms with Crippen LogP contribution in [-0.2, 0) is 17.8 Å². The third-order valence-electron chi connectivity index (χ3n) is 5.09. The van der Waals surface area contributed by atoms with E-state index < -0.39 is 17.2 Å². The molecule has 4 aromatic rings. The van der Waals surface area contributed by atoms with Crippen molar-refractivity contribution < 1.29 is 22.8 Å². The molecule has 0 aliphatic heterocycles. The number of nitrogens with one attached hydrogen (secondary N) is 1. The maximum Gasteiger partial charge on any atom is 0.266 e. The van der Waals surface area contributed by atoms with Gasteiger partial charge in [-0.25, -0.2) is 13.8 Å². The van der Waals surface area contributed by atoms with Crippen LogP contribution in [0.5, 0.6) is 5.75 Å². The number of fused-ring (bicyclic) bond motifs is 1. The van der Waals surface area contributed by atoms with Crippen molar-refractivity contribution in [1.29, 1.82) is 0 Å². The van der Waals surface area contributed by atoms with Crippen molar-refractivity contribution in [2.24, 2.45) is 0 Å². The molecular formula is C23H20F2N4O4. The average molecular weight is 454 g/mol. The molecule has 0 aliphatic carbocycles. The Labute approximate surface area is 186 Å². The van der Waals surface area contributed by atoms with Gasteiger partial charge < -0.3 is 14.6 Å². The van der Waals surface area contributed by atoms with E-state index in [4.69, 9.17) is 9.26 Å². The molecule has 4 rings (SSSR count). The summed E-state index contributed by atoms with van der Waals surface area (Å²) < 4.78 is 38.8. The molecule has 0 aliphatic rings. The monoisotopic (exact) mass is 454 g/mol. The molecule has 0 saturated heterocycles. The van der Waals surface area contributed by atoms with Gasteiger partial charge in [0.2, 0.25) is 5.91 Å². The Morgan fingerprint density at radius 2 is 1.94 bits per heavy atom. The Kier molecular flexibility index (Phi) is 6.43. The molecule has 33 heavy (non-hydrogen) atoms. The van der Waals surface area contributed by atoms with Crippen LogP contribution in [0.2, 0.25) is 0 Å². The summed E-state index contributed by atoms with van der Waals surface area (Å²) in [6.45, 7) is 0.469. The Hall–Kier alpha value is -4.08. The fourth-order valence-corrected chi connectivity index (χ4v) is 3.48. The van der Waals surface area contributed by atoms with Crippen LogP contribution in [0.4, 0.5) is 8.78 Å². The van der Waals surface area contributed by atoms with E-state index in [0.29, 0.717) is 13.0 Å². The van der Waals surface area contributed by atoms with Crippen LogP contribution in [0, 0.1) is 11.6 Å². The highest BCUT2D eigenvalue weighted by Crippen LogP contribution is 2.25. The molecule has 0 saturated carbocycles. The lowest BCUT2D eigenvalue weighted by atomic mass is 10.1. The first-order valence-corrected chi connectivity index (χ1v) is 10.2.